The molecule has 1 aromatic rings. The summed E-state index contributed by atoms with van der Waals surface area (Å²) < 4.78 is 1.88. The van der Waals surface area contributed by atoms with E-state index in [-0.39, 0.29) is 0 Å². The van der Waals surface area contributed by atoms with Crippen molar-refractivity contribution in [3.63, 3.8) is 0 Å². The molecule has 0 aromatic carbocycles. The molecule has 3 nitrogen and oxygen atoms in total. The Morgan fingerprint density at radius 3 is 2.88 bits per heavy atom. The van der Waals surface area contributed by atoms with Crippen molar-refractivity contribution in [2.45, 2.75) is 38.8 Å². The number of hydrogen-bond donors (Lipinski definition) is 0. The second-order valence-corrected chi connectivity index (χ2v) is 5.54. The Bertz CT molecular complexity index is 413. The van der Waals surface area contributed by atoms with Crippen LogP contribution >= 0.6 is 11.6 Å². The van der Waals surface area contributed by atoms with Gasteiger partial charge in [-0.15, -0.1) is 0 Å². The van der Waals surface area contributed by atoms with E-state index in [9.17, 15) is 0 Å². The Labute approximate surface area is 101 Å². The number of nitrogens with zero attached hydrogens (tertiary/aromatic N) is 3. The van der Waals surface area contributed by atoms with Crippen LogP contribution < -0.4 is 0 Å². The summed E-state index contributed by atoms with van der Waals surface area (Å²) in [5, 5.41) is 5.34. The van der Waals surface area contributed by atoms with Gasteiger partial charge in [0.25, 0.3) is 0 Å². The largest absolute Gasteiger partial charge is 0.294 e. The third kappa shape index (κ3) is 1.49. The summed E-state index contributed by atoms with van der Waals surface area (Å²) >= 11 is 6.27. The molecule has 0 N–H and O–H groups in total. The predicted octanol–water partition coefficient (Wildman–Crippen LogP) is 2.37. The molecule has 2 heterocycles. The van der Waals surface area contributed by atoms with Gasteiger partial charge in [0, 0.05) is 26.2 Å². The average molecular weight is 240 g/mol. The van der Waals surface area contributed by atoms with E-state index in [0.29, 0.717) is 0 Å². The van der Waals surface area contributed by atoms with Crippen molar-refractivity contribution in [2.24, 2.45) is 13.0 Å². The van der Waals surface area contributed by atoms with Crippen LogP contribution in [0, 0.1) is 12.8 Å². The van der Waals surface area contributed by atoms with Crippen molar-refractivity contribution in [1.82, 2.24) is 14.7 Å². The van der Waals surface area contributed by atoms with Crippen LogP contribution in [0.25, 0.3) is 0 Å². The normalized spacial score (nSPS) is 29.2. The molecule has 1 aliphatic heterocycles. The summed E-state index contributed by atoms with van der Waals surface area (Å²) in [7, 11) is 1.96. The molecule has 0 bridgehead atoms. The highest BCUT2D eigenvalue weighted by molar-refractivity contribution is 6.31. The van der Waals surface area contributed by atoms with Gasteiger partial charge in [-0.2, -0.15) is 5.10 Å². The van der Waals surface area contributed by atoms with Gasteiger partial charge in [0.2, 0.25) is 0 Å². The van der Waals surface area contributed by atoms with Crippen LogP contribution in [0.3, 0.4) is 0 Å². The van der Waals surface area contributed by atoms with Gasteiger partial charge < -0.3 is 0 Å². The smallest absolute Gasteiger partial charge is 0.0953 e. The van der Waals surface area contributed by atoms with Crippen molar-refractivity contribution in [2.75, 3.05) is 6.54 Å². The monoisotopic (exact) mass is 239 g/mol. The summed E-state index contributed by atoms with van der Waals surface area (Å²) in [6.07, 6.45) is 4.20. The van der Waals surface area contributed by atoms with Crippen molar-refractivity contribution < 1.29 is 0 Å². The lowest BCUT2D eigenvalue weighted by atomic mass is 9.92. The van der Waals surface area contributed by atoms with Crippen LogP contribution in [0.2, 0.25) is 5.02 Å². The van der Waals surface area contributed by atoms with E-state index >= 15 is 0 Å². The molecule has 16 heavy (non-hydrogen) atoms. The Kier molecular flexibility index (Phi) is 2.48. The fraction of sp³-hybridized carbons (Fsp3) is 0.750. The van der Waals surface area contributed by atoms with E-state index in [2.05, 4.69) is 10.00 Å². The highest BCUT2D eigenvalue weighted by Gasteiger charge is 2.42. The van der Waals surface area contributed by atoms with Gasteiger partial charge in [0.15, 0.2) is 0 Å². The van der Waals surface area contributed by atoms with Crippen LogP contribution in [0.1, 0.15) is 30.7 Å². The summed E-state index contributed by atoms with van der Waals surface area (Å²) in [5.41, 5.74) is 2.12. The number of hydrogen-bond acceptors (Lipinski definition) is 2. The number of aromatic nitrogens is 2. The third-order valence-electron chi connectivity index (χ3n) is 4.24. The van der Waals surface area contributed by atoms with Crippen LogP contribution in [0.4, 0.5) is 0 Å². The van der Waals surface area contributed by atoms with Crippen molar-refractivity contribution >= 4 is 11.6 Å². The van der Waals surface area contributed by atoms with E-state index < -0.39 is 0 Å². The molecule has 2 aliphatic rings. The van der Waals surface area contributed by atoms with Crippen molar-refractivity contribution in [1.29, 1.82) is 0 Å². The fourth-order valence-electron chi connectivity index (χ4n) is 3.14. The van der Waals surface area contributed by atoms with E-state index in [4.69, 9.17) is 11.6 Å². The lowest BCUT2D eigenvalue weighted by molar-refractivity contribution is 0.0293. The minimum Gasteiger partial charge on any atom is -0.294 e. The second kappa shape index (κ2) is 3.74. The van der Waals surface area contributed by atoms with E-state index in [1.165, 1.54) is 25.8 Å². The van der Waals surface area contributed by atoms with Gasteiger partial charge in [-0.05, 0) is 25.7 Å². The van der Waals surface area contributed by atoms with Crippen LogP contribution in [-0.4, -0.2) is 27.3 Å². The van der Waals surface area contributed by atoms with Gasteiger partial charge in [0.05, 0.1) is 16.4 Å². The first kappa shape index (κ1) is 10.6. The maximum Gasteiger partial charge on any atom is 0.0953 e. The van der Waals surface area contributed by atoms with Crippen molar-refractivity contribution in [3.05, 3.63) is 16.4 Å². The zero-order valence-electron chi connectivity index (χ0n) is 9.91. The molecule has 0 radical (unpaired) electrons. The Balaban J connectivity index is 1.73. The van der Waals surface area contributed by atoms with Crippen LogP contribution in [-0.2, 0) is 13.6 Å². The fourth-order valence-corrected chi connectivity index (χ4v) is 3.36. The molecule has 2 fully saturated rings. The number of rotatable bonds is 2. The molecule has 1 aromatic heterocycles. The number of likely N-dealkylation sites (tertiary alicyclic amines) is 1. The topological polar surface area (TPSA) is 21.1 Å². The lowest BCUT2D eigenvalue weighted by Gasteiger charge is -2.44. The summed E-state index contributed by atoms with van der Waals surface area (Å²) in [6.45, 7) is 4.20. The second-order valence-electron chi connectivity index (χ2n) is 5.16. The summed E-state index contributed by atoms with van der Waals surface area (Å²) in [4.78, 5) is 2.53. The third-order valence-corrected chi connectivity index (χ3v) is 4.73. The molecule has 3 rings (SSSR count). The SMILES string of the molecule is Cc1c(Cl)c(CN2CC3CCCC32)nn1C. The Morgan fingerprint density at radius 1 is 1.44 bits per heavy atom. The average Bonchev–Trinajstić information content (AvgIpc) is 2.72. The lowest BCUT2D eigenvalue weighted by Crippen LogP contribution is -2.52. The van der Waals surface area contributed by atoms with Gasteiger partial charge >= 0.3 is 0 Å². The molecule has 1 saturated carbocycles. The number of halogens is 1. The Hall–Kier alpha value is -0.540. The molecule has 1 aliphatic carbocycles. The molecule has 4 heteroatoms. The molecular weight excluding hydrogens is 222 g/mol. The van der Waals surface area contributed by atoms with Gasteiger partial charge in [-0.3, -0.25) is 9.58 Å². The number of fused-ring (bicyclic) bond motifs is 1. The van der Waals surface area contributed by atoms with Gasteiger partial charge in [0.1, 0.15) is 0 Å². The van der Waals surface area contributed by atoms with E-state index in [0.717, 1.165) is 34.9 Å². The van der Waals surface area contributed by atoms with Gasteiger partial charge in [-0.1, -0.05) is 18.0 Å². The standard InChI is InChI=1S/C12H18ClN3/c1-8-12(13)10(14-15(8)2)7-16-6-9-4-3-5-11(9)16/h9,11H,3-7H2,1-2H3. The van der Waals surface area contributed by atoms with Crippen LogP contribution in [0.15, 0.2) is 0 Å². The highest BCUT2D eigenvalue weighted by atomic mass is 35.5. The van der Waals surface area contributed by atoms with E-state index in [1.54, 1.807) is 0 Å². The minimum atomic E-state index is 0.818. The molecular formula is C12H18ClN3. The van der Waals surface area contributed by atoms with Gasteiger partial charge in [-0.25, -0.2) is 0 Å². The molecule has 2 atom stereocenters. The Morgan fingerprint density at radius 2 is 2.25 bits per heavy atom. The maximum atomic E-state index is 6.27. The minimum absolute atomic E-state index is 0.818. The summed E-state index contributed by atoms with van der Waals surface area (Å²) in [6, 6.07) is 0.818. The zero-order valence-corrected chi connectivity index (χ0v) is 10.7. The number of aryl methyl sites for hydroxylation is 1. The quantitative estimate of drug-likeness (QED) is 0.790. The first-order chi connectivity index (χ1) is 7.66. The van der Waals surface area contributed by atoms with E-state index in [1.807, 2.05) is 18.7 Å². The zero-order chi connectivity index (χ0) is 11.3. The first-order valence-electron chi connectivity index (χ1n) is 6.09. The first-order valence-corrected chi connectivity index (χ1v) is 6.46. The van der Waals surface area contributed by atoms with Crippen molar-refractivity contribution in [3.8, 4) is 0 Å². The van der Waals surface area contributed by atoms with Crippen LogP contribution in [0.5, 0.6) is 0 Å². The molecule has 1 saturated heterocycles. The molecule has 0 spiro atoms. The summed E-state index contributed by atoms with van der Waals surface area (Å²) in [5.74, 6) is 0.962. The molecule has 88 valence electrons. The molecule has 0 amide bonds. The predicted molar refractivity (Wildman–Crippen MR) is 64.5 cm³/mol. The molecule has 2 unspecified atom stereocenters. The maximum absolute atomic E-state index is 6.27. The highest BCUT2D eigenvalue weighted by Crippen LogP contribution is 2.40.